The Kier molecular flexibility index (Phi) is 7.38. The molecule has 0 amide bonds. The van der Waals surface area contributed by atoms with E-state index < -0.39 is 82.5 Å². The van der Waals surface area contributed by atoms with Crippen LogP contribution in [0.5, 0.6) is 0 Å². The average molecular weight is 589 g/mol. The van der Waals surface area contributed by atoms with Gasteiger partial charge in [0.2, 0.25) is 0 Å². The lowest BCUT2D eigenvalue weighted by Gasteiger charge is -2.65. The second-order valence-electron chi connectivity index (χ2n) is 13.0. The number of hydrogen-bond donors (Lipinski definition) is 4. The lowest BCUT2D eigenvalue weighted by Crippen LogP contribution is -2.79. The topological polar surface area (TPSA) is 169 Å². The summed E-state index contributed by atoms with van der Waals surface area (Å²) in [4.78, 5) is 39.0. The number of rotatable bonds is 5. The monoisotopic (exact) mass is 588 g/mol. The van der Waals surface area contributed by atoms with Crippen LogP contribution in [0.2, 0.25) is 0 Å². The molecule has 3 fully saturated rings. The Balaban J connectivity index is 1.87. The number of aliphatic hydroxyl groups excluding tert-OH is 3. The van der Waals surface area contributed by atoms with Gasteiger partial charge in [0.1, 0.15) is 24.4 Å². The van der Waals surface area contributed by atoms with E-state index in [0.717, 1.165) is 0 Å². The van der Waals surface area contributed by atoms with E-state index in [4.69, 9.17) is 18.9 Å². The Bertz CT molecular complexity index is 1300. The van der Waals surface area contributed by atoms with Crippen molar-refractivity contribution in [3.63, 3.8) is 0 Å². The van der Waals surface area contributed by atoms with Crippen LogP contribution >= 0.6 is 0 Å². The molecule has 1 aliphatic heterocycles. The zero-order chi connectivity index (χ0) is 31.0. The lowest BCUT2D eigenvalue weighted by atomic mass is 9.49. The first-order valence-corrected chi connectivity index (χ1v) is 14.2. The van der Waals surface area contributed by atoms with Gasteiger partial charge in [0, 0.05) is 25.7 Å². The molecule has 4 N–H and O–H groups in total. The first kappa shape index (κ1) is 30.6. The summed E-state index contributed by atoms with van der Waals surface area (Å²) in [6, 6.07) is 8.18. The van der Waals surface area contributed by atoms with Gasteiger partial charge in [0.15, 0.2) is 5.60 Å². The molecule has 0 spiro atoms. The second-order valence-corrected chi connectivity index (χ2v) is 13.0. The van der Waals surface area contributed by atoms with Crippen molar-refractivity contribution in [1.82, 2.24) is 0 Å². The van der Waals surface area contributed by atoms with E-state index >= 15 is 0 Å². The number of carbonyl (C=O) groups excluding carboxylic acids is 3. The highest BCUT2D eigenvalue weighted by Crippen LogP contribution is 2.68. The molecule has 11 nitrogen and oxygen atoms in total. The van der Waals surface area contributed by atoms with Gasteiger partial charge >= 0.3 is 17.9 Å². The molecular weight excluding hydrogens is 548 g/mol. The Morgan fingerprint density at radius 2 is 1.64 bits per heavy atom. The maximum Gasteiger partial charge on any atom is 0.338 e. The molecule has 1 aromatic carbocycles. The third-order valence-electron chi connectivity index (χ3n) is 10.3. The van der Waals surface area contributed by atoms with Crippen LogP contribution in [-0.4, -0.2) is 92.8 Å². The van der Waals surface area contributed by atoms with Crippen molar-refractivity contribution < 1.29 is 53.8 Å². The SMILES string of the molecule is CC(=O)OC1C(O)C2=C(C)C(O)CC2(C(C)(C)O)C(OC(=O)c2ccccc2)C2C3(OC(C)=O)COC3CC(O)C12C. The molecule has 0 bridgehead atoms. The summed E-state index contributed by atoms with van der Waals surface area (Å²) in [6.07, 6.45) is -7.95. The molecule has 2 saturated carbocycles. The molecule has 4 aliphatic rings. The molecule has 10 atom stereocenters. The number of carbonyl (C=O) groups is 3. The van der Waals surface area contributed by atoms with Crippen molar-refractivity contribution in [1.29, 1.82) is 0 Å². The van der Waals surface area contributed by atoms with Gasteiger partial charge in [-0.2, -0.15) is 0 Å². The third-order valence-corrected chi connectivity index (χ3v) is 10.3. The fourth-order valence-corrected chi connectivity index (χ4v) is 8.35. The van der Waals surface area contributed by atoms with Crippen molar-refractivity contribution in [2.75, 3.05) is 6.61 Å². The molecule has 42 heavy (non-hydrogen) atoms. The highest BCUT2D eigenvalue weighted by atomic mass is 16.6. The minimum absolute atomic E-state index is 0.0275. The Labute approximate surface area is 244 Å². The van der Waals surface area contributed by atoms with Crippen molar-refractivity contribution in [2.24, 2.45) is 16.7 Å². The van der Waals surface area contributed by atoms with Crippen molar-refractivity contribution in [3.05, 3.63) is 47.0 Å². The standard InChI is InChI=1S/C31H40O11/c1-15-19(34)13-30(28(4,5)38)22(15)23(36)25(40-16(2)32)29(6)20(35)12-21-31(14-39-21,42-17(3)33)24(29)26(30)41-27(37)18-10-8-7-9-11-18/h7-11,19-21,23-26,34-36,38H,12-14H2,1-6H3. The van der Waals surface area contributed by atoms with E-state index in [1.165, 1.54) is 27.7 Å². The van der Waals surface area contributed by atoms with E-state index in [2.05, 4.69) is 0 Å². The Morgan fingerprint density at radius 3 is 2.17 bits per heavy atom. The van der Waals surface area contributed by atoms with E-state index in [1.54, 1.807) is 44.2 Å². The zero-order valence-corrected chi connectivity index (χ0v) is 24.7. The van der Waals surface area contributed by atoms with Gasteiger partial charge in [-0.05, 0) is 50.5 Å². The molecular formula is C31H40O11. The lowest BCUT2D eigenvalue weighted by molar-refractivity contribution is -0.351. The van der Waals surface area contributed by atoms with Gasteiger partial charge < -0.3 is 39.4 Å². The van der Waals surface area contributed by atoms with E-state index in [-0.39, 0.29) is 30.6 Å². The maximum atomic E-state index is 13.8. The molecule has 1 heterocycles. The van der Waals surface area contributed by atoms with Crippen LogP contribution in [0.3, 0.4) is 0 Å². The fraction of sp³-hybridized carbons (Fsp3) is 0.645. The van der Waals surface area contributed by atoms with Gasteiger partial charge in [-0.1, -0.05) is 25.1 Å². The van der Waals surface area contributed by atoms with Crippen LogP contribution in [-0.2, 0) is 28.5 Å². The Morgan fingerprint density at radius 1 is 1.00 bits per heavy atom. The number of aliphatic hydroxyl groups is 4. The molecule has 3 aliphatic carbocycles. The minimum Gasteiger partial charge on any atom is -0.459 e. The predicted molar refractivity (Wildman–Crippen MR) is 146 cm³/mol. The van der Waals surface area contributed by atoms with E-state index in [0.29, 0.717) is 5.57 Å². The van der Waals surface area contributed by atoms with Crippen molar-refractivity contribution in [3.8, 4) is 0 Å². The summed E-state index contributed by atoms with van der Waals surface area (Å²) in [5.41, 5.74) is -5.86. The summed E-state index contributed by atoms with van der Waals surface area (Å²) < 4.78 is 24.1. The molecule has 0 aromatic heterocycles. The molecule has 5 rings (SSSR count). The molecule has 10 unspecified atom stereocenters. The highest BCUT2D eigenvalue weighted by Gasteiger charge is 2.79. The Hall–Kier alpha value is -2.83. The van der Waals surface area contributed by atoms with Crippen molar-refractivity contribution >= 4 is 17.9 Å². The van der Waals surface area contributed by atoms with Crippen LogP contribution in [0, 0.1) is 16.7 Å². The first-order chi connectivity index (χ1) is 19.5. The van der Waals surface area contributed by atoms with Gasteiger partial charge in [-0.25, -0.2) is 4.79 Å². The second kappa shape index (κ2) is 10.1. The number of ether oxygens (including phenoxy) is 4. The minimum atomic E-state index is -1.77. The van der Waals surface area contributed by atoms with E-state index in [9.17, 15) is 34.8 Å². The van der Waals surface area contributed by atoms with Crippen LogP contribution < -0.4 is 0 Å². The van der Waals surface area contributed by atoms with Crippen LogP contribution in [0.4, 0.5) is 0 Å². The van der Waals surface area contributed by atoms with E-state index in [1.807, 2.05) is 0 Å². The van der Waals surface area contributed by atoms with Gasteiger partial charge in [0.25, 0.3) is 0 Å². The number of benzene rings is 1. The molecule has 230 valence electrons. The summed E-state index contributed by atoms with van der Waals surface area (Å²) in [7, 11) is 0. The summed E-state index contributed by atoms with van der Waals surface area (Å²) in [6.45, 7) is 8.45. The number of fused-ring (bicyclic) bond motifs is 4. The summed E-state index contributed by atoms with van der Waals surface area (Å²) in [5.74, 6) is -3.34. The third kappa shape index (κ3) is 4.16. The number of esters is 3. The van der Waals surface area contributed by atoms with Gasteiger partial charge in [-0.3, -0.25) is 9.59 Å². The van der Waals surface area contributed by atoms with Crippen molar-refractivity contribution in [2.45, 2.75) is 102 Å². The molecule has 0 radical (unpaired) electrons. The van der Waals surface area contributed by atoms with Crippen LogP contribution in [0.1, 0.15) is 64.7 Å². The first-order valence-electron chi connectivity index (χ1n) is 14.2. The van der Waals surface area contributed by atoms with Gasteiger partial charge in [-0.15, -0.1) is 0 Å². The number of hydrogen-bond acceptors (Lipinski definition) is 11. The summed E-state index contributed by atoms with van der Waals surface area (Å²) >= 11 is 0. The zero-order valence-electron chi connectivity index (χ0n) is 24.7. The summed E-state index contributed by atoms with van der Waals surface area (Å²) in [5, 5.41) is 47.3. The fourth-order valence-electron chi connectivity index (χ4n) is 8.35. The predicted octanol–water partition coefficient (Wildman–Crippen LogP) is 1.44. The average Bonchev–Trinajstić information content (AvgIpc) is 3.15. The van der Waals surface area contributed by atoms with Gasteiger partial charge in [0.05, 0.1) is 41.3 Å². The molecule has 11 heteroatoms. The normalized spacial score (nSPS) is 41.0. The maximum absolute atomic E-state index is 13.8. The van der Waals surface area contributed by atoms with Crippen LogP contribution in [0.15, 0.2) is 41.5 Å². The highest BCUT2D eigenvalue weighted by molar-refractivity contribution is 5.89. The quantitative estimate of drug-likeness (QED) is 0.223. The smallest absolute Gasteiger partial charge is 0.338 e. The molecule has 1 saturated heterocycles. The molecule has 1 aromatic rings. The van der Waals surface area contributed by atoms with Crippen LogP contribution in [0.25, 0.3) is 0 Å². The largest absolute Gasteiger partial charge is 0.459 e.